The standard InChI is InChI=1S/C9H6Cl2F2N4/c1-4-6(11)3-17(9(13)15-4)7-5(10)2-14-8(12)16-7/h2H,3H2,1H3. The van der Waals surface area contributed by atoms with Gasteiger partial charge in [0, 0.05) is 0 Å². The zero-order valence-corrected chi connectivity index (χ0v) is 10.1. The van der Waals surface area contributed by atoms with Crippen LogP contribution in [0, 0.1) is 6.08 Å². The number of halogens is 4. The summed E-state index contributed by atoms with van der Waals surface area (Å²) in [7, 11) is 0. The number of anilines is 1. The van der Waals surface area contributed by atoms with Gasteiger partial charge in [-0.2, -0.15) is 13.8 Å². The van der Waals surface area contributed by atoms with Crippen LogP contribution in [-0.4, -0.2) is 22.6 Å². The molecule has 1 aromatic heterocycles. The van der Waals surface area contributed by atoms with Gasteiger partial charge in [-0.1, -0.05) is 23.2 Å². The Morgan fingerprint density at radius 3 is 2.76 bits per heavy atom. The zero-order valence-electron chi connectivity index (χ0n) is 8.59. The van der Waals surface area contributed by atoms with Crippen molar-refractivity contribution in [3.05, 3.63) is 28.0 Å². The minimum Gasteiger partial charge on any atom is -0.280 e. The maximum atomic E-state index is 13.6. The first-order valence-electron chi connectivity index (χ1n) is 4.54. The number of hydrogen-bond acceptors (Lipinski definition) is 4. The Balaban J connectivity index is 2.43. The number of amidine groups is 1. The van der Waals surface area contributed by atoms with Crippen LogP contribution in [0.5, 0.6) is 0 Å². The van der Waals surface area contributed by atoms with Crippen molar-refractivity contribution in [1.82, 2.24) is 9.97 Å². The van der Waals surface area contributed by atoms with Gasteiger partial charge in [-0.3, -0.25) is 4.90 Å². The van der Waals surface area contributed by atoms with Crippen molar-refractivity contribution in [1.29, 1.82) is 0 Å². The van der Waals surface area contributed by atoms with Gasteiger partial charge >= 0.3 is 6.08 Å². The van der Waals surface area contributed by atoms with Crippen molar-refractivity contribution >= 4 is 35.1 Å². The smallest absolute Gasteiger partial charge is 0.280 e. The van der Waals surface area contributed by atoms with E-state index in [0.717, 1.165) is 11.1 Å². The summed E-state index contributed by atoms with van der Waals surface area (Å²) in [5, 5.41) is 0.349. The van der Waals surface area contributed by atoms with Gasteiger partial charge in [-0.05, 0) is 6.92 Å². The molecular weight excluding hydrogens is 273 g/mol. The summed E-state index contributed by atoms with van der Waals surface area (Å²) < 4.78 is 26.5. The van der Waals surface area contributed by atoms with Crippen molar-refractivity contribution in [3.63, 3.8) is 0 Å². The molecule has 8 heteroatoms. The number of aromatic nitrogens is 2. The van der Waals surface area contributed by atoms with Crippen LogP contribution in [0.1, 0.15) is 6.92 Å². The summed E-state index contributed by atoms with van der Waals surface area (Å²) in [5.41, 5.74) is 0.367. The lowest BCUT2D eigenvalue weighted by molar-refractivity contribution is 0.538. The van der Waals surface area contributed by atoms with Gasteiger partial charge in [0.1, 0.15) is 5.02 Å². The average Bonchev–Trinajstić information content (AvgIpc) is 2.27. The lowest BCUT2D eigenvalue weighted by Gasteiger charge is -2.24. The summed E-state index contributed by atoms with van der Waals surface area (Å²) in [5.74, 6) is -0.105. The molecule has 0 atom stereocenters. The van der Waals surface area contributed by atoms with Crippen LogP contribution in [-0.2, 0) is 0 Å². The molecule has 0 unspecified atom stereocenters. The van der Waals surface area contributed by atoms with E-state index in [1.165, 1.54) is 0 Å². The Labute approximate surface area is 106 Å². The van der Waals surface area contributed by atoms with E-state index in [2.05, 4.69) is 15.0 Å². The van der Waals surface area contributed by atoms with Crippen LogP contribution < -0.4 is 4.90 Å². The quantitative estimate of drug-likeness (QED) is 0.586. The predicted molar refractivity (Wildman–Crippen MR) is 61.4 cm³/mol. The average molecular weight is 279 g/mol. The Kier molecular flexibility index (Phi) is 3.26. The molecule has 0 amide bonds. The van der Waals surface area contributed by atoms with E-state index in [-0.39, 0.29) is 17.4 Å². The second-order valence-corrected chi connectivity index (χ2v) is 4.13. The fraction of sp³-hybridized carbons (Fsp3) is 0.222. The highest BCUT2D eigenvalue weighted by Gasteiger charge is 2.24. The lowest BCUT2D eigenvalue weighted by Crippen LogP contribution is -2.33. The molecule has 90 valence electrons. The monoisotopic (exact) mass is 278 g/mol. The van der Waals surface area contributed by atoms with Crippen LogP contribution in [0.25, 0.3) is 0 Å². The second kappa shape index (κ2) is 4.54. The molecule has 2 heterocycles. The summed E-state index contributed by atoms with van der Waals surface area (Å²) in [4.78, 5) is 11.2. The Morgan fingerprint density at radius 2 is 2.06 bits per heavy atom. The van der Waals surface area contributed by atoms with E-state index in [1.54, 1.807) is 6.92 Å². The molecule has 0 aliphatic carbocycles. The van der Waals surface area contributed by atoms with Crippen molar-refractivity contribution in [2.24, 2.45) is 4.99 Å². The van der Waals surface area contributed by atoms with E-state index in [9.17, 15) is 8.78 Å². The maximum Gasteiger partial charge on any atom is 0.310 e. The highest BCUT2D eigenvalue weighted by atomic mass is 35.5. The number of rotatable bonds is 1. The SMILES string of the molecule is CC1=C(Cl)CN(c2nc(F)ncc2Cl)C(F)=N1. The van der Waals surface area contributed by atoms with Gasteiger partial charge in [0.15, 0.2) is 5.82 Å². The number of hydrogen-bond donors (Lipinski definition) is 0. The van der Waals surface area contributed by atoms with Gasteiger partial charge in [0.25, 0.3) is 6.09 Å². The van der Waals surface area contributed by atoms with E-state index < -0.39 is 12.2 Å². The normalized spacial score (nSPS) is 16.3. The third-order valence-electron chi connectivity index (χ3n) is 2.12. The highest BCUT2D eigenvalue weighted by Crippen LogP contribution is 2.28. The summed E-state index contributed by atoms with van der Waals surface area (Å²) >= 11 is 11.6. The third kappa shape index (κ3) is 2.37. The Morgan fingerprint density at radius 1 is 1.35 bits per heavy atom. The van der Waals surface area contributed by atoms with E-state index >= 15 is 0 Å². The number of nitrogens with zero attached hydrogens (tertiary/aromatic N) is 4. The molecule has 1 aromatic rings. The van der Waals surface area contributed by atoms with E-state index in [1.807, 2.05) is 0 Å². The summed E-state index contributed by atoms with van der Waals surface area (Å²) in [6.45, 7) is 1.57. The minimum absolute atomic E-state index is 0.00110. The first kappa shape index (κ1) is 12.2. The van der Waals surface area contributed by atoms with Crippen molar-refractivity contribution in [2.75, 3.05) is 11.4 Å². The molecule has 0 saturated heterocycles. The van der Waals surface area contributed by atoms with E-state index in [0.29, 0.717) is 10.7 Å². The lowest BCUT2D eigenvalue weighted by atomic mass is 10.3. The largest absolute Gasteiger partial charge is 0.310 e. The number of aliphatic imine (C=N–C) groups is 1. The van der Waals surface area contributed by atoms with Crippen LogP contribution >= 0.6 is 23.2 Å². The molecule has 0 spiro atoms. The van der Waals surface area contributed by atoms with Crippen LogP contribution in [0.2, 0.25) is 5.02 Å². The highest BCUT2D eigenvalue weighted by molar-refractivity contribution is 6.34. The molecule has 0 saturated carbocycles. The third-order valence-corrected chi connectivity index (χ3v) is 2.78. The van der Waals surface area contributed by atoms with Gasteiger partial charge in [0.2, 0.25) is 0 Å². The fourth-order valence-corrected chi connectivity index (χ4v) is 1.62. The van der Waals surface area contributed by atoms with Crippen LogP contribution in [0.3, 0.4) is 0 Å². The van der Waals surface area contributed by atoms with Gasteiger partial charge in [-0.15, -0.1) is 0 Å². The van der Waals surface area contributed by atoms with Crippen molar-refractivity contribution in [3.8, 4) is 0 Å². The molecule has 17 heavy (non-hydrogen) atoms. The van der Waals surface area contributed by atoms with Crippen molar-refractivity contribution < 1.29 is 8.78 Å². The molecule has 4 nitrogen and oxygen atoms in total. The molecule has 2 rings (SSSR count). The predicted octanol–water partition coefficient (Wildman–Crippen LogP) is 2.88. The molecule has 0 bridgehead atoms. The molecule has 0 fully saturated rings. The molecule has 1 aliphatic heterocycles. The maximum absolute atomic E-state index is 13.6. The minimum atomic E-state index is -1.00. The zero-order chi connectivity index (χ0) is 12.6. The topological polar surface area (TPSA) is 41.4 Å². The Bertz CT molecular complexity index is 530. The van der Waals surface area contributed by atoms with Gasteiger partial charge < -0.3 is 0 Å². The fourth-order valence-electron chi connectivity index (χ4n) is 1.27. The molecule has 0 N–H and O–H groups in total. The second-order valence-electron chi connectivity index (χ2n) is 3.27. The first-order chi connectivity index (χ1) is 7.99. The molecule has 0 aromatic carbocycles. The molecular formula is C9H6Cl2F2N4. The summed E-state index contributed by atoms with van der Waals surface area (Å²) in [6, 6.07) is 0. The summed E-state index contributed by atoms with van der Waals surface area (Å²) in [6.07, 6.45) is -0.794. The molecule has 0 radical (unpaired) electrons. The Hall–Kier alpha value is -1.27. The molecule has 1 aliphatic rings. The van der Waals surface area contributed by atoms with Gasteiger partial charge in [0.05, 0.1) is 23.5 Å². The van der Waals surface area contributed by atoms with Crippen molar-refractivity contribution in [2.45, 2.75) is 6.92 Å². The number of allylic oxidation sites excluding steroid dienone is 1. The van der Waals surface area contributed by atoms with E-state index in [4.69, 9.17) is 23.2 Å². The van der Waals surface area contributed by atoms with Gasteiger partial charge in [-0.25, -0.2) is 9.98 Å². The first-order valence-corrected chi connectivity index (χ1v) is 5.29. The van der Waals surface area contributed by atoms with Crippen LogP contribution in [0.4, 0.5) is 14.6 Å². The van der Waals surface area contributed by atoms with Crippen LogP contribution in [0.15, 0.2) is 21.9 Å².